The first-order valence-electron chi connectivity index (χ1n) is 5.17. The third kappa shape index (κ3) is 4.98. The Morgan fingerprint density at radius 1 is 1.53 bits per heavy atom. The molecule has 0 saturated heterocycles. The van der Waals surface area contributed by atoms with Crippen LogP contribution >= 0.6 is 23.2 Å². The Hall–Kier alpha value is -0.710. The highest BCUT2D eigenvalue weighted by Gasteiger charge is 2.28. The number of primary amides is 1. The van der Waals surface area contributed by atoms with Crippen molar-refractivity contribution in [2.45, 2.75) is 39.4 Å². The fourth-order valence-corrected chi connectivity index (χ4v) is 1.83. The maximum Gasteiger partial charge on any atom is 0.405 e. The Kier molecular flexibility index (Phi) is 7.27. The summed E-state index contributed by atoms with van der Waals surface area (Å²) in [6.45, 7) is 5.05. The molecule has 1 amide bonds. The molecule has 0 fully saturated rings. The second kappa shape index (κ2) is 7.58. The smallest absolute Gasteiger partial charge is 0.405 e. The lowest BCUT2D eigenvalue weighted by Crippen LogP contribution is -2.35. The van der Waals surface area contributed by atoms with Crippen molar-refractivity contribution >= 4 is 29.3 Å². The molecule has 4 nitrogen and oxygen atoms in total. The summed E-state index contributed by atoms with van der Waals surface area (Å²) in [5.74, 6) is 0. The number of hydrogen-bond acceptors (Lipinski definition) is 3. The Labute approximate surface area is 111 Å². The van der Waals surface area contributed by atoms with Gasteiger partial charge in [0.15, 0.2) is 6.10 Å². The van der Waals surface area contributed by atoms with E-state index in [4.69, 9.17) is 33.7 Å². The summed E-state index contributed by atoms with van der Waals surface area (Å²) in [4.78, 5) is 10.8. The Balaban J connectivity index is 5.39. The SMILES string of the molecule is CC=C(Cl)C(=C(C)Cl)C(OC(N)=O)C(O)CC. The van der Waals surface area contributed by atoms with Crippen LogP contribution in [0, 0.1) is 0 Å². The normalized spacial score (nSPS) is 17.2. The van der Waals surface area contributed by atoms with Crippen molar-refractivity contribution < 1.29 is 14.6 Å². The minimum Gasteiger partial charge on any atom is -0.439 e. The van der Waals surface area contributed by atoms with Gasteiger partial charge in [0.25, 0.3) is 0 Å². The fraction of sp³-hybridized carbons (Fsp3) is 0.545. The van der Waals surface area contributed by atoms with Crippen molar-refractivity contribution in [1.29, 1.82) is 0 Å². The molecule has 0 radical (unpaired) electrons. The molecule has 0 aromatic carbocycles. The maximum atomic E-state index is 10.8. The van der Waals surface area contributed by atoms with E-state index in [1.165, 1.54) is 0 Å². The minimum atomic E-state index is -0.988. The highest BCUT2D eigenvalue weighted by molar-refractivity contribution is 6.35. The maximum absolute atomic E-state index is 10.8. The van der Waals surface area contributed by atoms with Crippen molar-refractivity contribution in [3.63, 3.8) is 0 Å². The third-order valence-electron chi connectivity index (χ3n) is 2.18. The Bertz CT molecular complexity index is 336. The van der Waals surface area contributed by atoms with Gasteiger partial charge in [-0.1, -0.05) is 36.2 Å². The molecule has 0 saturated carbocycles. The number of aliphatic hydroxyl groups excluding tert-OH is 1. The lowest BCUT2D eigenvalue weighted by Gasteiger charge is -2.24. The quantitative estimate of drug-likeness (QED) is 0.761. The molecule has 0 bridgehead atoms. The summed E-state index contributed by atoms with van der Waals surface area (Å²) >= 11 is 11.9. The number of nitrogens with two attached hydrogens (primary N) is 1. The lowest BCUT2D eigenvalue weighted by atomic mass is 10.0. The highest BCUT2D eigenvalue weighted by atomic mass is 35.5. The lowest BCUT2D eigenvalue weighted by molar-refractivity contribution is 0.0256. The summed E-state index contributed by atoms with van der Waals surface area (Å²) in [6.07, 6.45) is -0.890. The average molecular weight is 282 g/mol. The number of aliphatic hydroxyl groups is 1. The molecule has 0 aliphatic carbocycles. The van der Waals surface area contributed by atoms with Crippen LogP contribution in [-0.2, 0) is 4.74 Å². The molecule has 0 aromatic heterocycles. The first-order chi connectivity index (χ1) is 7.84. The zero-order valence-corrected chi connectivity index (χ0v) is 11.5. The van der Waals surface area contributed by atoms with Gasteiger partial charge in [-0.15, -0.1) is 0 Å². The number of halogens is 2. The summed E-state index contributed by atoms with van der Waals surface area (Å²) in [7, 11) is 0. The van der Waals surface area contributed by atoms with E-state index in [0.29, 0.717) is 22.1 Å². The molecule has 17 heavy (non-hydrogen) atoms. The van der Waals surface area contributed by atoms with Crippen LogP contribution in [0.3, 0.4) is 0 Å². The predicted molar refractivity (Wildman–Crippen MR) is 68.9 cm³/mol. The minimum absolute atomic E-state index is 0.316. The van der Waals surface area contributed by atoms with Crippen molar-refractivity contribution in [3.05, 3.63) is 21.7 Å². The fourth-order valence-electron chi connectivity index (χ4n) is 1.32. The summed E-state index contributed by atoms with van der Waals surface area (Å²) < 4.78 is 4.87. The van der Waals surface area contributed by atoms with E-state index in [1.54, 1.807) is 26.8 Å². The van der Waals surface area contributed by atoms with Gasteiger partial charge in [0.2, 0.25) is 0 Å². The largest absolute Gasteiger partial charge is 0.439 e. The van der Waals surface area contributed by atoms with Crippen molar-refractivity contribution in [1.82, 2.24) is 0 Å². The van der Waals surface area contributed by atoms with Gasteiger partial charge in [0, 0.05) is 15.6 Å². The standard InChI is InChI=1S/C11H17Cl2NO3/c1-4-7(13)9(6(3)12)10(8(15)5-2)17-11(14)16/h4,8,10,15H,5H2,1-3H3,(H2,14,16). The number of allylic oxidation sites excluding steroid dienone is 2. The third-order valence-corrected chi connectivity index (χ3v) is 2.80. The highest BCUT2D eigenvalue weighted by Crippen LogP contribution is 2.28. The first kappa shape index (κ1) is 16.3. The number of rotatable bonds is 5. The molecule has 3 N–H and O–H groups in total. The zero-order chi connectivity index (χ0) is 13.6. The van der Waals surface area contributed by atoms with E-state index in [-0.39, 0.29) is 0 Å². The number of ether oxygens (including phenoxy) is 1. The van der Waals surface area contributed by atoms with Gasteiger partial charge in [-0.2, -0.15) is 0 Å². The van der Waals surface area contributed by atoms with Crippen molar-refractivity contribution in [2.24, 2.45) is 5.73 Å². The number of hydrogen-bond donors (Lipinski definition) is 2. The van der Waals surface area contributed by atoms with Crippen LogP contribution in [0.5, 0.6) is 0 Å². The molecular weight excluding hydrogens is 265 g/mol. The molecule has 0 aliphatic heterocycles. The number of amides is 1. The molecule has 0 rings (SSSR count). The summed E-state index contributed by atoms with van der Waals surface area (Å²) in [6, 6.07) is 0. The van der Waals surface area contributed by atoms with Crippen LogP contribution in [0.25, 0.3) is 0 Å². The molecule has 0 aromatic rings. The van der Waals surface area contributed by atoms with Gasteiger partial charge in [0.1, 0.15) is 0 Å². The molecule has 0 heterocycles. The van der Waals surface area contributed by atoms with Gasteiger partial charge < -0.3 is 15.6 Å². The van der Waals surface area contributed by atoms with Crippen molar-refractivity contribution in [3.8, 4) is 0 Å². The van der Waals surface area contributed by atoms with E-state index in [9.17, 15) is 9.90 Å². The second-order valence-corrected chi connectivity index (χ2v) is 4.39. The number of carbonyl (C=O) groups is 1. The topological polar surface area (TPSA) is 72.5 Å². The van der Waals surface area contributed by atoms with Gasteiger partial charge in [0.05, 0.1) is 6.10 Å². The Morgan fingerprint density at radius 2 is 2.06 bits per heavy atom. The van der Waals surface area contributed by atoms with Crippen molar-refractivity contribution in [2.75, 3.05) is 0 Å². The van der Waals surface area contributed by atoms with Crippen LogP contribution < -0.4 is 5.73 Å². The van der Waals surface area contributed by atoms with Crippen LogP contribution in [0.15, 0.2) is 21.7 Å². The van der Waals surface area contributed by atoms with E-state index in [1.807, 2.05) is 0 Å². The predicted octanol–water partition coefficient (Wildman–Crippen LogP) is 2.88. The van der Waals surface area contributed by atoms with E-state index >= 15 is 0 Å². The second-order valence-electron chi connectivity index (χ2n) is 3.42. The van der Waals surface area contributed by atoms with Gasteiger partial charge in [-0.25, -0.2) is 4.79 Å². The van der Waals surface area contributed by atoms with Crippen LogP contribution in [0.1, 0.15) is 27.2 Å². The van der Waals surface area contributed by atoms with Crippen LogP contribution in [0.4, 0.5) is 4.79 Å². The van der Waals surface area contributed by atoms with E-state index < -0.39 is 18.3 Å². The van der Waals surface area contributed by atoms with Gasteiger partial charge >= 0.3 is 6.09 Å². The molecule has 0 aliphatic rings. The van der Waals surface area contributed by atoms with E-state index in [0.717, 1.165) is 0 Å². The molecule has 2 unspecified atom stereocenters. The van der Waals surface area contributed by atoms with E-state index in [2.05, 4.69) is 0 Å². The Morgan fingerprint density at radius 3 is 2.35 bits per heavy atom. The molecule has 6 heteroatoms. The molecule has 2 atom stereocenters. The number of carbonyl (C=O) groups excluding carboxylic acids is 1. The summed E-state index contributed by atoms with van der Waals surface area (Å²) in [5.41, 5.74) is 5.33. The van der Waals surface area contributed by atoms with Gasteiger partial charge in [-0.05, 0) is 20.3 Å². The zero-order valence-electron chi connectivity index (χ0n) is 10.0. The van der Waals surface area contributed by atoms with Crippen LogP contribution in [0.2, 0.25) is 0 Å². The first-order valence-corrected chi connectivity index (χ1v) is 5.93. The monoisotopic (exact) mass is 281 g/mol. The molecule has 98 valence electrons. The summed E-state index contributed by atoms with van der Waals surface area (Å²) in [5, 5.41) is 10.5. The average Bonchev–Trinajstić information content (AvgIpc) is 2.25. The van der Waals surface area contributed by atoms with Gasteiger partial charge in [-0.3, -0.25) is 0 Å². The molecular formula is C11H17Cl2NO3. The molecule has 0 spiro atoms. The van der Waals surface area contributed by atoms with Crippen LogP contribution in [-0.4, -0.2) is 23.4 Å².